The van der Waals surface area contributed by atoms with Crippen LogP contribution in [-0.2, 0) is 4.74 Å². The molecule has 1 atom stereocenters. The van der Waals surface area contributed by atoms with E-state index in [-0.39, 0.29) is 36.0 Å². The molecule has 0 aromatic heterocycles. The molecule has 1 unspecified atom stereocenters. The van der Waals surface area contributed by atoms with Gasteiger partial charge in [-0.1, -0.05) is 18.2 Å². The van der Waals surface area contributed by atoms with Crippen LogP contribution in [0.5, 0.6) is 0 Å². The summed E-state index contributed by atoms with van der Waals surface area (Å²) in [5.41, 5.74) is 0.0372. The standard InChI is InChI=1S/C18H29N3O2S.HI/c1-19-17(21-14-18(8-11-22)9-12-23-15-18)20-10-5-13-24-16-6-3-2-4-7-16;/h2-4,6-7,22H,5,8-15H2,1H3,(H2,19,20,21);1H. The molecular formula is C18H30IN3O2S. The lowest BCUT2D eigenvalue weighted by Crippen LogP contribution is -2.44. The molecule has 0 amide bonds. The topological polar surface area (TPSA) is 65.9 Å². The largest absolute Gasteiger partial charge is 0.396 e. The molecule has 0 spiro atoms. The Morgan fingerprint density at radius 2 is 2.12 bits per heavy atom. The average Bonchev–Trinajstić information content (AvgIpc) is 3.07. The normalized spacial score (nSPS) is 20.2. The van der Waals surface area contributed by atoms with Crippen molar-refractivity contribution < 1.29 is 9.84 Å². The maximum Gasteiger partial charge on any atom is 0.190 e. The number of rotatable bonds is 9. The van der Waals surface area contributed by atoms with Crippen molar-refractivity contribution in [2.75, 3.05) is 45.7 Å². The van der Waals surface area contributed by atoms with Crippen LogP contribution in [0.1, 0.15) is 19.3 Å². The zero-order valence-electron chi connectivity index (χ0n) is 14.9. The smallest absolute Gasteiger partial charge is 0.190 e. The third kappa shape index (κ3) is 8.15. The third-order valence-corrected chi connectivity index (χ3v) is 5.41. The van der Waals surface area contributed by atoms with Crippen LogP contribution < -0.4 is 10.6 Å². The molecule has 3 N–H and O–H groups in total. The first-order chi connectivity index (χ1) is 11.8. The van der Waals surface area contributed by atoms with Crippen LogP contribution in [0.4, 0.5) is 0 Å². The Bertz CT molecular complexity index is 496. The van der Waals surface area contributed by atoms with Crippen LogP contribution in [0, 0.1) is 5.41 Å². The number of nitrogens with zero attached hydrogens (tertiary/aromatic N) is 1. The van der Waals surface area contributed by atoms with Crippen LogP contribution in [-0.4, -0.2) is 56.8 Å². The van der Waals surface area contributed by atoms with E-state index < -0.39 is 0 Å². The summed E-state index contributed by atoms with van der Waals surface area (Å²) in [7, 11) is 1.79. The molecule has 25 heavy (non-hydrogen) atoms. The highest BCUT2D eigenvalue weighted by Gasteiger charge is 2.34. The Labute approximate surface area is 172 Å². The summed E-state index contributed by atoms with van der Waals surface area (Å²) in [6.07, 6.45) is 2.83. The van der Waals surface area contributed by atoms with E-state index in [0.717, 1.165) is 50.7 Å². The minimum absolute atomic E-state index is 0. The number of aliphatic hydroxyl groups is 1. The van der Waals surface area contributed by atoms with Gasteiger partial charge in [-0.3, -0.25) is 4.99 Å². The first kappa shape index (κ1) is 22.5. The van der Waals surface area contributed by atoms with Gasteiger partial charge in [0.25, 0.3) is 0 Å². The van der Waals surface area contributed by atoms with E-state index in [1.165, 1.54) is 4.90 Å². The molecule has 1 fully saturated rings. The summed E-state index contributed by atoms with van der Waals surface area (Å²) in [6.45, 7) is 3.37. The molecule has 0 aliphatic carbocycles. The molecule has 0 bridgehead atoms. The lowest BCUT2D eigenvalue weighted by molar-refractivity contribution is 0.127. The third-order valence-electron chi connectivity index (χ3n) is 4.31. The van der Waals surface area contributed by atoms with Gasteiger partial charge in [0.05, 0.1) is 6.61 Å². The Hall–Kier alpha value is -0.510. The van der Waals surface area contributed by atoms with Crippen molar-refractivity contribution >= 4 is 41.7 Å². The van der Waals surface area contributed by atoms with Crippen LogP contribution in [0.25, 0.3) is 0 Å². The van der Waals surface area contributed by atoms with Crippen molar-refractivity contribution in [1.29, 1.82) is 0 Å². The fourth-order valence-electron chi connectivity index (χ4n) is 2.79. The number of guanidine groups is 1. The monoisotopic (exact) mass is 479 g/mol. The minimum Gasteiger partial charge on any atom is -0.396 e. The van der Waals surface area contributed by atoms with Crippen molar-refractivity contribution in [2.45, 2.75) is 24.2 Å². The van der Waals surface area contributed by atoms with Gasteiger partial charge in [0.1, 0.15) is 0 Å². The molecule has 5 nitrogen and oxygen atoms in total. The maximum absolute atomic E-state index is 9.28. The molecule has 0 saturated carbocycles. The van der Waals surface area contributed by atoms with Crippen molar-refractivity contribution in [2.24, 2.45) is 10.4 Å². The number of halogens is 1. The first-order valence-electron chi connectivity index (χ1n) is 8.59. The van der Waals surface area contributed by atoms with Crippen molar-refractivity contribution in [3.05, 3.63) is 30.3 Å². The van der Waals surface area contributed by atoms with E-state index in [4.69, 9.17) is 4.74 Å². The summed E-state index contributed by atoms with van der Waals surface area (Å²) < 4.78 is 5.52. The second-order valence-electron chi connectivity index (χ2n) is 6.14. The van der Waals surface area contributed by atoms with E-state index in [9.17, 15) is 5.11 Å². The lowest BCUT2D eigenvalue weighted by Gasteiger charge is -2.27. The van der Waals surface area contributed by atoms with Gasteiger partial charge in [0, 0.05) is 43.7 Å². The van der Waals surface area contributed by atoms with Gasteiger partial charge in [0.2, 0.25) is 0 Å². The van der Waals surface area contributed by atoms with Crippen LogP contribution in [0.15, 0.2) is 40.2 Å². The van der Waals surface area contributed by atoms with Crippen LogP contribution >= 0.6 is 35.7 Å². The van der Waals surface area contributed by atoms with Gasteiger partial charge in [-0.15, -0.1) is 35.7 Å². The van der Waals surface area contributed by atoms with Crippen molar-refractivity contribution in [3.63, 3.8) is 0 Å². The van der Waals surface area contributed by atoms with Crippen LogP contribution in [0.3, 0.4) is 0 Å². The molecule has 1 aromatic rings. The molecule has 1 aliphatic rings. The van der Waals surface area contributed by atoms with Crippen LogP contribution in [0.2, 0.25) is 0 Å². The zero-order valence-corrected chi connectivity index (χ0v) is 18.0. The van der Waals surface area contributed by atoms with E-state index in [1.54, 1.807) is 7.05 Å². The zero-order chi connectivity index (χ0) is 17.1. The molecule has 1 heterocycles. The lowest BCUT2D eigenvalue weighted by atomic mass is 9.84. The second kappa shape index (κ2) is 12.8. The number of benzene rings is 1. The summed E-state index contributed by atoms with van der Waals surface area (Å²) in [4.78, 5) is 5.59. The number of hydrogen-bond donors (Lipinski definition) is 3. The number of hydrogen-bond acceptors (Lipinski definition) is 4. The number of ether oxygens (including phenoxy) is 1. The fourth-order valence-corrected chi connectivity index (χ4v) is 3.66. The highest BCUT2D eigenvalue weighted by Crippen LogP contribution is 2.31. The van der Waals surface area contributed by atoms with Crippen molar-refractivity contribution in [1.82, 2.24) is 10.6 Å². The van der Waals surface area contributed by atoms with Gasteiger partial charge >= 0.3 is 0 Å². The molecule has 1 saturated heterocycles. The highest BCUT2D eigenvalue weighted by molar-refractivity contribution is 14.0. The Morgan fingerprint density at radius 1 is 1.32 bits per heavy atom. The Balaban J connectivity index is 0.00000312. The van der Waals surface area contributed by atoms with Gasteiger partial charge in [-0.2, -0.15) is 0 Å². The molecule has 7 heteroatoms. The Kier molecular flexibility index (Phi) is 11.5. The fraction of sp³-hybridized carbons (Fsp3) is 0.611. The van der Waals surface area contributed by atoms with E-state index in [0.29, 0.717) is 6.61 Å². The van der Waals surface area contributed by atoms with E-state index in [1.807, 2.05) is 17.8 Å². The highest BCUT2D eigenvalue weighted by atomic mass is 127. The summed E-state index contributed by atoms with van der Waals surface area (Å²) in [5.74, 6) is 1.90. The molecule has 1 aromatic carbocycles. The van der Waals surface area contributed by atoms with E-state index >= 15 is 0 Å². The first-order valence-corrected chi connectivity index (χ1v) is 9.57. The van der Waals surface area contributed by atoms with Gasteiger partial charge in [-0.05, 0) is 37.1 Å². The summed E-state index contributed by atoms with van der Waals surface area (Å²) >= 11 is 1.87. The average molecular weight is 479 g/mol. The Morgan fingerprint density at radius 3 is 2.76 bits per heavy atom. The minimum atomic E-state index is 0. The number of aliphatic imine (C=N–C) groups is 1. The van der Waals surface area contributed by atoms with E-state index in [2.05, 4.69) is 39.9 Å². The number of nitrogens with one attached hydrogen (secondary N) is 2. The molecule has 142 valence electrons. The molecule has 1 aliphatic heterocycles. The predicted octanol–water partition coefficient (Wildman–Crippen LogP) is 2.74. The summed E-state index contributed by atoms with van der Waals surface area (Å²) in [6, 6.07) is 10.5. The van der Waals surface area contributed by atoms with Gasteiger partial charge in [0.15, 0.2) is 5.96 Å². The second-order valence-corrected chi connectivity index (χ2v) is 7.31. The maximum atomic E-state index is 9.28. The number of aliphatic hydroxyl groups excluding tert-OH is 1. The molecule has 2 rings (SSSR count). The quantitative estimate of drug-likeness (QED) is 0.167. The van der Waals surface area contributed by atoms with Crippen molar-refractivity contribution in [3.8, 4) is 0 Å². The predicted molar refractivity (Wildman–Crippen MR) is 116 cm³/mol. The molecular weight excluding hydrogens is 449 g/mol. The van der Waals surface area contributed by atoms with Gasteiger partial charge < -0.3 is 20.5 Å². The number of thioether (sulfide) groups is 1. The molecule has 0 radical (unpaired) electrons. The summed E-state index contributed by atoms with van der Waals surface area (Å²) in [5, 5.41) is 16.0. The van der Waals surface area contributed by atoms with Gasteiger partial charge in [-0.25, -0.2) is 0 Å². The SMILES string of the molecule is CN=C(NCCCSc1ccccc1)NCC1(CCO)CCOC1.I.